The monoisotopic (exact) mass is 294 g/mol. The van der Waals surface area contributed by atoms with E-state index in [2.05, 4.69) is 0 Å². The van der Waals surface area contributed by atoms with E-state index in [1.54, 1.807) is 5.38 Å². The highest BCUT2D eigenvalue weighted by Crippen LogP contribution is 2.34. The molecule has 0 amide bonds. The second-order valence-corrected chi connectivity index (χ2v) is 5.30. The van der Waals surface area contributed by atoms with Gasteiger partial charge in [-0.3, -0.25) is 0 Å². The molecule has 2 aromatic carbocycles. The van der Waals surface area contributed by atoms with Gasteiger partial charge in [-0.1, -0.05) is 18.2 Å². The van der Waals surface area contributed by atoms with Gasteiger partial charge < -0.3 is 5.11 Å². The summed E-state index contributed by atoms with van der Waals surface area (Å²) in [6.45, 7) is 0. The molecule has 0 radical (unpaired) electrons. The van der Waals surface area contributed by atoms with E-state index in [4.69, 9.17) is 0 Å². The molecule has 102 valence electrons. The first-order valence-electron chi connectivity index (χ1n) is 5.86. The van der Waals surface area contributed by atoms with Gasteiger partial charge in [-0.2, -0.15) is 0 Å². The van der Waals surface area contributed by atoms with Crippen LogP contribution in [0.2, 0.25) is 0 Å². The van der Waals surface area contributed by atoms with E-state index in [1.165, 1.54) is 11.3 Å². The summed E-state index contributed by atoms with van der Waals surface area (Å²) in [5.41, 5.74) is 0.543. The lowest BCUT2D eigenvalue weighted by atomic mass is 10.0. The van der Waals surface area contributed by atoms with Gasteiger partial charge in [0, 0.05) is 10.3 Å². The number of hydrogen-bond donors (Lipinski definition) is 1. The summed E-state index contributed by atoms with van der Waals surface area (Å²) in [7, 11) is 0. The molecular weight excluding hydrogens is 285 g/mol. The molecule has 5 heteroatoms. The molecule has 0 saturated carbocycles. The number of halogens is 3. The highest BCUT2D eigenvalue weighted by Gasteiger charge is 2.19. The van der Waals surface area contributed by atoms with Gasteiger partial charge in [-0.15, -0.1) is 11.3 Å². The topological polar surface area (TPSA) is 20.2 Å². The fourth-order valence-electron chi connectivity index (χ4n) is 2.12. The molecule has 0 saturated heterocycles. The average Bonchev–Trinajstić information content (AvgIpc) is 2.87. The third-order valence-corrected chi connectivity index (χ3v) is 4.11. The molecule has 1 N–H and O–H groups in total. The highest BCUT2D eigenvalue weighted by atomic mass is 32.1. The van der Waals surface area contributed by atoms with Crippen LogP contribution in [0.3, 0.4) is 0 Å². The Hall–Kier alpha value is -1.85. The fourth-order valence-corrected chi connectivity index (χ4v) is 3.10. The first-order valence-corrected chi connectivity index (χ1v) is 6.74. The number of fused-ring (bicyclic) bond motifs is 1. The lowest BCUT2D eigenvalue weighted by Crippen LogP contribution is -2.02. The second kappa shape index (κ2) is 4.92. The van der Waals surface area contributed by atoms with Crippen LogP contribution in [0.1, 0.15) is 17.2 Å². The van der Waals surface area contributed by atoms with Gasteiger partial charge in [-0.25, -0.2) is 13.2 Å². The van der Waals surface area contributed by atoms with Gasteiger partial charge in [0.2, 0.25) is 0 Å². The zero-order valence-corrected chi connectivity index (χ0v) is 10.9. The summed E-state index contributed by atoms with van der Waals surface area (Å²) in [5.74, 6) is -4.15. The Labute approximate surface area is 116 Å². The quantitative estimate of drug-likeness (QED) is 0.695. The standard InChI is InChI=1S/C15H9F3OS/c16-11-5-8(6-12(17)14(11)18)15(19)10-7-20-13-4-2-1-3-9(10)13/h1-7,15,19H. The minimum atomic E-state index is -1.53. The summed E-state index contributed by atoms with van der Waals surface area (Å²) in [6, 6.07) is 9.02. The van der Waals surface area contributed by atoms with Crippen molar-refractivity contribution in [3.8, 4) is 0 Å². The maximum atomic E-state index is 13.2. The molecule has 20 heavy (non-hydrogen) atoms. The molecule has 1 heterocycles. The Bertz CT molecular complexity index is 759. The summed E-state index contributed by atoms with van der Waals surface area (Å²) in [4.78, 5) is 0. The van der Waals surface area contributed by atoms with Gasteiger partial charge in [0.25, 0.3) is 0 Å². The maximum Gasteiger partial charge on any atom is 0.194 e. The second-order valence-electron chi connectivity index (χ2n) is 4.39. The van der Waals surface area contributed by atoms with Gasteiger partial charge in [0.15, 0.2) is 17.5 Å². The molecule has 0 spiro atoms. The number of rotatable bonds is 2. The Morgan fingerprint density at radius 3 is 2.35 bits per heavy atom. The summed E-state index contributed by atoms with van der Waals surface area (Å²) in [6.07, 6.45) is -1.20. The number of aliphatic hydroxyl groups is 1. The smallest absolute Gasteiger partial charge is 0.194 e. The van der Waals surface area contributed by atoms with Crippen LogP contribution in [-0.2, 0) is 0 Å². The molecule has 0 aliphatic carbocycles. The van der Waals surface area contributed by atoms with Crippen molar-refractivity contribution in [1.82, 2.24) is 0 Å². The van der Waals surface area contributed by atoms with E-state index in [9.17, 15) is 18.3 Å². The van der Waals surface area contributed by atoms with Crippen molar-refractivity contribution in [2.24, 2.45) is 0 Å². The van der Waals surface area contributed by atoms with Gasteiger partial charge >= 0.3 is 0 Å². The molecule has 0 aliphatic rings. The van der Waals surface area contributed by atoms with Gasteiger partial charge in [0.05, 0.1) is 0 Å². The van der Waals surface area contributed by atoms with Gasteiger partial charge in [0.1, 0.15) is 6.10 Å². The predicted octanol–water partition coefficient (Wildman–Crippen LogP) is 4.40. The largest absolute Gasteiger partial charge is 0.384 e. The Balaban J connectivity index is 2.11. The molecule has 3 aromatic rings. The number of thiophene rings is 1. The molecule has 0 fully saturated rings. The first-order chi connectivity index (χ1) is 9.58. The molecule has 1 nitrogen and oxygen atoms in total. The van der Waals surface area contributed by atoms with Crippen LogP contribution in [0.4, 0.5) is 13.2 Å². The number of benzene rings is 2. The van der Waals surface area contributed by atoms with Crippen LogP contribution >= 0.6 is 11.3 Å². The Morgan fingerprint density at radius 2 is 1.65 bits per heavy atom. The molecule has 3 rings (SSSR count). The maximum absolute atomic E-state index is 13.2. The van der Waals surface area contributed by atoms with Crippen LogP contribution in [0, 0.1) is 17.5 Å². The van der Waals surface area contributed by atoms with Crippen molar-refractivity contribution < 1.29 is 18.3 Å². The van der Waals surface area contributed by atoms with E-state index in [1.807, 2.05) is 24.3 Å². The van der Waals surface area contributed by atoms with E-state index >= 15 is 0 Å². The predicted molar refractivity (Wildman–Crippen MR) is 72.2 cm³/mol. The van der Waals surface area contributed by atoms with E-state index < -0.39 is 23.6 Å². The molecule has 1 unspecified atom stereocenters. The van der Waals surface area contributed by atoms with Crippen molar-refractivity contribution in [2.45, 2.75) is 6.10 Å². The molecular formula is C15H9F3OS. The van der Waals surface area contributed by atoms with Crippen molar-refractivity contribution in [3.63, 3.8) is 0 Å². The molecule has 1 aromatic heterocycles. The van der Waals surface area contributed by atoms with Crippen molar-refractivity contribution >= 4 is 21.4 Å². The lowest BCUT2D eigenvalue weighted by Gasteiger charge is -2.11. The Morgan fingerprint density at radius 1 is 1.00 bits per heavy atom. The van der Waals surface area contributed by atoms with Crippen LogP contribution in [0.25, 0.3) is 10.1 Å². The van der Waals surface area contributed by atoms with Crippen molar-refractivity contribution in [3.05, 3.63) is 70.4 Å². The lowest BCUT2D eigenvalue weighted by molar-refractivity contribution is 0.220. The highest BCUT2D eigenvalue weighted by molar-refractivity contribution is 7.17. The summed E-state index contributed by atoms with van der Waals surface area (Å²) in [5, 5.41) is 12.8. The minimum Gasteiger partial charge on any atom is -0.384 e. The Kier molecular flexibility index (Phi) is 3.23. The summed E-state index contributed by atoms with van der Waals surface area (Å²) < 4.78 is 40.4. The van der Waals surface area contributed by atoms with Crippen LogP contribution in [-0.4, -0.2) is 5.11 Å². The van der Waals surface area contributed by atoms with Crippen molar-refractivity contribution in [1.29, 1.82) is 0 Å². The molecule has 0 bridgehead atoms. The minimum absolute atomic E-state index is 0.00930. The van der Waals surface area contributed by atoms with E-state index in [0.29, 0.717) is 5.56 Å². The van der Waals surface area contributed by atoms with Crippen LogP contribution < -0.4 is 0 Å². The van der Waals surface area contributed by atoms with Crippen molar-refractivity contribution in [2.75, 3.05) is 0 Å². The SMILES string of the molecule is OC(c1cc(F)c(F)c(F)c1)c1csc2ccccc12. The normalized spacial score (nSPS) is 12.8. The van der Waals surface area contributed by atoms with Gasteiger partial charge in [-0.05, 0) is 34.5 Å². The average molecular weight is 294 g/mol. The van der Waals surface area contributed by atoms with Crippen LogP contribution in [0.5, 0.6) is 0 Å². The van der Waals surface area contributed by atoms with Crippen LogP contribution in [0.15, 0.2) is 41.8 Å². The number of hydrogen-bond acceptors (Lipinski definition) is 2. The van der Waals surface area contributed by atoms with E-state index in [-0.39, 0.29) is 5.56 Å². The third-order valence-electron chi connectivity index (χ3n) is 3.13. The zero-order valence-electron chi connectivity index (χ0n) is 10.1. The summed E-state index contributed by atoms with van der Waals surface area (Å²) >= 11 is 1.43. The molecule has 0 aliphatic heterocycles. The zero-order chi connectivity index (χ0) is 14.3. The first kappa shape index (κ1) is 13.1. The number of aliphatic hydroxyl groups excluding tert-OH is 1. The van der Waals surface area contributed by atoms with E-state index in [0.717, 1.165) is 22.2 Å². The fraction of sp³-hybridized carbons (Fsp3) is 0.0667. The third kappa shape index (κ3) is 2.09. The molecule has 1 atom stereocenters.